The Morgan fingerprint density at radius 3 is 2.59 bits per heavy atom. The number of amides is 2. The molecule has 0 unspecified atom stereocenters. The van der Waals surface area contributed by atoms with E-state index in [1.165, 1.54) is 12.1 Å². The van der Waals surface area contributed by atoms with E-state index >= 15 is 0 Å². The third-order valence-corrected chi connectivity index (χ3v) is 5.85. The Hall–Kier alpha value is -2.21. The van der Waals surface area contributed by atoms with Crippen LogP contribution in [0.3, 0.4) is 0 Å². The highest BCUT2D eigenvalue weighted by molar-refractivity contribution is 7.10. The molecule has 1 N–H and O–H groups in total. The summed E-state index contributed by atoms with van der Waals surface area (Å²) in [5.41, 5.74) is 0.845. The summed E-state index contributed by atoms with van der Waals surface area (Å²) in [5.74, 6) is -0.542. The van der Waals surface area contributed by atoms with Gasteiger partial charge in [-0.2, -0.15) is 0 Å². The van der Waals surface area contributed by atoms with Crippen molar-refractivity contribution in [1.29, 1.82) is 0 Å². The molecule has 0 radical (unpaired) electrons. The minimum absolute atomic E-state index is 0.0565. The maximum Gasteiger partial charge on any atom is 0.225 e. The molecule has 2 heterocycles. The van der Waals surface area contributed by atoms with Crippen molar-refractivity contribution in [3.63, 3.8) is 0 Å². The molecule has 1 aromatic carbocycles. The molecule has 0 bridgehead atoms. The Balaban J connectivity index is 1.74. The van der Waals surface area contributed by atoms with E-state index in [0.717, 1.165) is 23.3 Å². The van der Waals surface area contributed by atoms with Gasteiger partial charge in [-0.3, -0.25) is 9.59 Å². The zero-order valence-electron chi connectivity index (χ0n) is 15.7. The molecule has 2 amide bonds. The third kappa shape index (κ3) is 4.75. The van der Waals surface area contributed by atoms with E-state index in [0.29, 0.717) is 13.1 Å². The molecule has 1 fully saturated rings. The van der Waals surface area contributed by atoms with Crippen LogP contribution in [0.25, 0.3) is 0 Å². The number of carbonyl (C=O) groups is 2. The lowest BCUT2D eigenvalue weighted by atomic mass is 9.95. The summed E-state index contributed by atoms with van der Waals surface area (Å²) in [6, 6.07) is 9.82. The quantitative estimate of drug-likeness (QED) is 0.842. The first-order chi connectivity index (χ1) is 13.0. The summed E-state index contributed by atoms with van der Waals surface area (Å²) < 4.78 is 13.3. The van der Waals surface area contributed by atoms with E-state index in [9.17, 15) is 14.0 Å². The van der Waals surface area contributed by atoms with E-state index in [4.69, 9.17) is 0 Å². The fraction of sp³-hybridized carbons (Fsp3) is 0.429. The average Bonchev–Trinajstić information content (AvgIpc) is 3.20. The lowest BCUT2D eigenvalue weighted by Gasteiger charge is -2.34. The maximum absolute atomic E-state index is 13.3. The Morgan fingerprint density at radius 2 is 1.96 bits per heavy atom. The fourth-order valence-corrected chi connectivity index (χ4v) is 4.25. The molecule has 2 aromatic rings. The number of benzene rings is 1. The van der Waals surface area contributed by atoms with Crippen LogP contribution < -0.4 is 5.32 Å². The van der Waals surface area contributed by atoms with Gasteiger partial charge in [-0.1, -0.05) is 32.0 Å². The Labute approximate surface area is 163 Å². The molecule has 6 heteroatoms. The number of nitrogens with zero attached hydrogens (tertiary/aromatic N) is 1. The lowest BCUT2D eigenvalue weighted by molar-refractivity contribution is -0.138. The number of hydrogen-bond donors (Lipinski definition) is 1. The van der Waals surface area contributed by atoms with Crippen LogP contribution >= 0.6 is 11.3 Å². The van der Waals surface area contributed by atoms with Crippen LogP contribution in [0.5, 0.6) is 0 Å². The molecule has 144 valence electrons. The first-order valence-corrected chi connectivity index (χ1v) is 10.2. The van der Waals surface area contributed by atoms with E-state index in [2.05, 4.69) is 5.32 Å². The van der Waals surface area contributed by atoms with E-state index in [-0.39, 0.29) is 35.5 Å². The normalized spacial score (nSPS) is 18.4. The molecule has 1 aliphatic rings. The largest absolute Gasteiger partial charge is 0.344 e. The van der Waals surface area contributed by atoms with E-state index < -0.39 is 0 Å². The Morgan fingerprint density at radius 1 is 1.22 bits per heavy atom. The molecular weight excluding hydrogens is 363 g/mol. The molecule has 27 heavy (non-hydrogen) atoms. The van der Waals surface area contributed by atoms with Gasteiger partial charge in [-0.15, -0.1) is 11.3 Å². The summed E-state index contributed by atoms with van der Waals surface area (Å²) in [6.45, 7) is 4.94. The monoisotopic (exact) mass is 388 g/mol. The molecule has 0 saturated carbocycles. The first-order valence-electron chi connectivity index (χ1n) is 9.33. The van der Waals surface area contributed by atoms with Crippen LogP contribution in [0, 0.1) is 17.7 Å². The van der Waals surface area contributed by atoms with Gasteiger partial charge in [0, 0.05) is 23.9 Å². The van der Waals surface area contributed by atoms with Crippen molar-refractivity contribution in [3.05, 3.63) is 58.0 Å². The van der Waals surface area contributed by atoms with Crippen LogP contribution in [0.15, 0.2) is 41.8 Å². The summed E-state index contributed by atoms with van der Waals surface area (Å²) >= 11 is 1.56. The standard InChI is InChI=1S/C21H25FN2O2S/c1-14(2)21(26)24-11-3-5-16(13-24)20(25)23-19(18-6-4-12-27-18)15-7-9-17(22)10-8-15/h4,6-10,12,14,16,19H,3,5,11,13H2,1-2H3,(H,23,25)/t16-,19+/m0/s1. The van der Waals surface area contributed by atoms with Crippen molar-refractivity contribution in [3.8, 4) is 0 Å². The summed E-state index contributed by atoms with van der Waals surface area (Å²) in [4.78, 5) is 28.1. The molecule has 0 spiro atoms. The summed E-state index contributed by atoms with van der Waals surface area (Å²) in [7, 11) is 0. The number of thiophene rings is 1. The van der Waals surface area contributed by atoms with Crippen LogP contribution in [0.4, 0.5) is 4.39 Å². The predicted molar refractivity (Wildman–Crippen MR) is 105 cm³/mol. The molecule has 1 aromatic heterocycles. The summed E-state index contributed by atoms with van der Waals surface area (Å²) in [6.07, 6.45) is 1.60. The van der Waals surface area contributed by atoms with Gasteiger partial charge >= 0.3 is 0 Å². The van der Waals surface area contributed by atoms with E-state index in [1.54, 1.807) is 28.4 Å². The zero-order valence-corrected chi connectivity index (χ0v) is 16.5. The van der Waals surface area contributed by atoms with Gasteiger partial charge in [0.2, 0.25) is 11.8 Å². The van der Waals surface area contributed by atoms with Gasteiger partial charge < -0.3 is 10.2 Å². The number of hydrogen-bond acceptors (Lipinski definition) is 3. The predicted octanol–water partition coefficient (Wildman–Crippen LogP) is 3.99. The van der Waals surface area contributed by atoms with Crippen molar-refractivity contribution in [2.75, 3.05) is 13.1 Å². The molecule has 3 rings (SSSR count). The van der Waals surface area contributed by atoms with Gasteiger partial charge in [-0.05, 0) is 42.0 Å². The van der Waals surface area contributed by atoms with Gasteiger partial charge in [-0.25, -0.2) is 4.39 Å². The van der Waals surface area contributed by atoms with Gasteiger partial charge in [0.1, 0.15) is 5.82 Å². The average molecular weight is 389 g/mol. The van der Waals surface area contributed by atoms with Gasteiger partial charge in [0.25, 0.3) is 0 Å². The lowest BCUT2D eigenvalue weighted by Crippen LogP contribution is -2.47. The fourth-order valence-electron chi connectivity index (χ4n) is 3.45. The molecule has 2 atom stereocenters. The van der Waals surface area contributed by atoms with Crippen molar-refractivity contribution in [1.82, 2.24) is 10.2 Å². The molecule has 1 saturated heterocycles. The Bertz CT molecular complexity index is 774. The van der Waals surface area contributed by atoms with Crippen LogP contribution in [0.1, 0.15) is 43.2 Å². The maximum atomic E-state index is 13.3. The second-order valence-corrected chi connectivity index (χ2v) is 8.27. The molecule has 0 aliphatic carbocycles. The second kappa shape index (κ2) is 8.65. The Kier molecular flexibility index (Phi) is 6.26. The van der Waals surface area contributed by atoms with Crippen molar-refractivity contribution >= 4 is 23.2 Å². The minimum Gasteiger partial charge on any atom is -0.344 e. The zero-order chi connectivity index (χ0) is 19.4. The smallest absolute Gasteiger partial charge is 0.225 e. The molecule has 1 aliphatic heterocycles. The van der Waals surface area contributed by atoms with Gasteiger partial charge in [0.15, 0.2) is 0 Å². The highest BCUT2D eigenvalue weighted by atomic mass is 32.1. The SMILES string of the molecule is CC(C)C(=O)N1CCC[C@H](C(=O)N[C@H](c2ccc(F)cc2)c2cccs2)C1. The number of carbonyl (C=O) groups excluding carboxylic acids is 2. The van der Waals surface area contributed by atoms with Crippen molar-refractivity contribution in [2.24, 2.45) is 11.8 Å². The molecular formula is C21H25FN2O2S. The van der Waals surface area contributed by atoms with Crippen LogP contribution in [-0.2, 0) is 9.59 Å². The topological polar surface area (TPSA) is 49.4 Å². The first kappa shape index (κ1) is 19.5. The van der Waals surface area contributed by atoms with Crippen LogP contribution in [-0.4, -0.2) is 29.8 Å². The molecule has 4 nitrogen and oxygen atoms in total. The van der Waals surface area contributed by atoms with Crippen molar-refractivity contribution in [2.45, 2.75) is 32.7 Å². The minimum atomic E-state index is -0.311. The number of rotatable bonds is 5. The summed E-state index contributed by atoms with van der Waals surface area (Å²) in [5, 5.41) is 5.08. The number of likely N-dealkylation sites (tertiary alicyclic amines) is 1. The van der Waals surface area contributed by atoms with E-state index in [1.807, 2.05) is 31.4 Å². The highest BCUT2D eigenvalue weighted by Gasteiger charge is 2.31. The second-order valence-electron chi connectivity index (χ2n) is 7.29. The van der Waals surface area contributed by atoms with Crippen molar-refractivity contribution < 1.29 is 14.0 Å². The number of nitrogens with one attached hydrogen (secondary N) is 1. The highest BCUT2D eigenvalue weighted by Crippen LogP contribution is 2.28. The van der Waals surface area contributed by atoms with Crippen LogP contribution in [0.2, 0.25) is 0 Å². The van der Waals surface area contributed by atoms with Gasteiger partial charge in [0.05, 0.1) is 12.0 Å². The number of piperidine rings is 1. The third-order valence-electron chi connectivity index (χ3n) is 4.92. The number of halogens is 1.